The Bertz CT molecular complexity index is 248. The summed E-state index contributed by atoms with van der Waals surface area (Å²) in [7, 11) is 3.49. The average Bonchev–Trinajstić information content (AvgIpc) is 2.57. The maximum atomic E-state index is 11.5. The van der Waals surface area contributed by atoms with Crippen molar-refractivity contribution in [2.45, 2.75) is 31.4 Å². The Balaban J connectivity index is 2.05. The summed E-state index contributed by atoms with van der Waals surface area (Å²) in [5.74, 6) is -0.119. The molecule has 2 saturated heterocycles. The predicted octanol–water partition coefficient (Wildman–Crippen LogP) is 1.01. The van der Waals surface area contributed by atoms with Crippen molar-refractivity contribution in [2.24, 2.45) is 5.92 Å². The van der Waals surface area contributed by atoms with Gasteiger partial charge >= 0.3 is 5.97 Å². The summed E-state index contributed by atoms with van der Waals surface area (Å²) >= 11 is 0. The third-order valence-electron chi connectivity index (χ3n) is 3.62. The number of carbonyl (C=O) groups is 1. The molecule has 4 heteroatoms. The lowest BCUT2D eigenvalue weighted by Crippen LogP contribution is -2.46. The highest BCUT2D eigenvalue weighted by atomic mass is 16.5. The molecule has 2 aliphatic rings. The Hall–Kier alpha value is -0.610. The van der Waals surface area contributed by atoms with E-state index in [1.54, 1.807) is 0 Å². The van der Waals surface area contributed by atoms with Gasteiger partial charge in [0, 0.05) is 19.6 Å². The van der Waals surface area contributed by atoms with Gasteiger partial charge in [0.1, 0.15) is 5.72 Å². The lowest BCUT2D eigenvalue weighted by molar-refractivity contribution is -0.155. The molecule has 0 unspecified atom stereocenters. The molecular formula is C11H19NO3. The highest BCUT2D eigenvalue weighted by molar-refractivity contribution is 5.73. The molecule has 0 aliphatic carbocycles. The van der Waals surface area contributed by atoms with E-state index in [4.69, 9.17) is 9.47 Å². The monoisotopic (exact) mass is 213 g/mol. The van der Waals surface area contributed by atoms with Crippen LogP contribution in [0.25, 0.3) is 0 Å². The van der Waals surface area contributed by atoms with Gasteiger partial charge in [0.05, 0.1) is 13.0 Å². The van der Waals surface area contributed by atoms with Crippen LogP contribution < -0.4 is 0 Å². The Morgan fingerprint density at radius 2 is 2.33 bits per heavy atom. The van der Waals surface area contributed by atoms with Crippen molar-refractivity contribution in [3.05, 3.63) is 0 Å². The number of hydrogen-bond acceptors (Lipinski definition) is 4. The molecule has 2 aliphatic heterocycles. The molecule has 0 amide bonds. The van der Waals surface area contributed by atoms with Gasteiger partial charge in [-0.25, -0.2) is 0 Å². The van der Waals surface area contributed by atoms with E-state index in [1.807, 2.05) is 7.05 Å². The maximum Gasteiger partial charge on any atom is 0.310 e. The third-order valence-corrected chi connectivity index (χ3v) is 3.62. The van der Waals surface area contributed by atoms with E-state index in [1.165, 1.54) is 13.5 Å². The van der Waals surface area contributed by atoms with Crippen LogP contribution >= 0.6 is 0 Å². The van der Waals surface area contributed by atoms with Gasteiger partial charge in [-0.15, -0.1) is 0 Å². The van der Waals surface area contributed by atoms with E-state index >= 15 is 0 Å². The second-order valence-electron chi connectivity index (χ2n) is 4.56. The molecule has 0 N–H and O–H groups in total. The topological polar surface area (TPSA) is 38.8 Å². The molecule has 0 aromatic heterocycles. The first-order valence-electron chi connectivity index (χ1n) is 5.61. The van der Waals surface area contributed by atoms with Crippen LogP contribution in [0.4, 0.5) is 0 Å². The zero-order chi connectivity index (χ0) is 10.9. The Morgan fingerprint density at radius 1 is 1.53 bits per heavy atom. The van der Waals surface area contributed by atoms with Crippen molar-refractivity contribution in [3.8, 4) is 0 Å². The highest BCUT2D eigenvalue weighted by Crippen LogP contribution is 2.39. The van der Waals surface area contributed by atoms with E-state index in [0.29, 0.717) is 0 Å². The number of carbonyl (C=O) groups excluding carboxylic acids is 1. The quantitative estimate of drug-likeness (QED) is 0.609. The second kappa shape index (κ2) is 4.10. The number of rotatable bonds is 1. The lowest BCUT2D eigenvalue weighted by atomic mass is 9.96. The molecule has 2 rings (SSSR count). The van der Waals surface area contributed by atoms with Crippen LogP contribution in [0, 0.1) is 5.92 Å². The molecule has 2 heterocycles. The largest absolute Gasteiger partial charge is 0.469 e. The zero-order valence-electron chi connectivity index (χ0n) is 9.49. The number of hydrogen-bond donors (Lipinski definition) is 0. The van der Waals surface area contributed by atoms with Crippen LogP contribution in [0.3, 0.4) is 0 Å². The Kier molecular flexibility index (Phi) is 2.98. The summed E-state index contributed by atoms with van der Waals surface area (Å²) in [6.07, 6.45) is 4.16. The minimum absolute atomic E-state index is 0.0156. The molecule has 0 aromatic rings. The van der Waals surface area contributed by atoms with Crippen molar-refractivity contribution < 1.29 is 14.3 Å². The Labute approximate surface area is 90.5 Å². The molecule has 0 bridgehead atoms. The number of esters is 1. The van der Waals surface area contributed by atoms with Crippen molar-refractivity contribution in [1.82, 2.24) is 4.90 Å². The van der Waals surface area contributed by atoms with Gasteiger partial charge in [-0.2, -0.15) is 0 Å². The fourth-order valence-electron chi connectivity index (χ4n) is 2.73. The first-order chi connectivity index (χ1) is 7.18. The summed E-state index contributed by atoms with van der Waals surface area (Å²) in [5, 5.41) is 0. The minimum Gasteiger partial charge on any atom is -0.469 e. The van der Waals surface area contributed by atoms with Crippen LogP contribution in [0.1, 0.15) is 25.7 Å². The fourth-order valence-corrected chi connectivity index (χ4v) is 2.73. The van der Waals surface area contributed by atoms with Gasteiger partial charge in [-0.1, -0.05) is 0 Å². The van der Waals surface area contributed by atoms with E-state index < -0.39 is 0 Å². The van der Waals surface area contributed by atoms with Crippen LogP contribution in [-0.2, 0) is 14.3 Å². The van der Waals surface area contributed by atoms with Crippen molar-refractivity contribution >= 4 is 5.97 Å². The summed E-state index contributed by atoms with van der Waals surface area (Å²) in [4.78, 5) is 13.7. The van der Waals surface area contributed by atoms with Gasteiger partial charge in [-0.05, 0) is 26.3 Å². The predicted molar refractivity (Wildman–Crippen MR) is 55.3 cm³/mol. The first-order valence-corrected chi connectivity index (χ1v) is 5.61. The van der Waals surface area contributed by atoms with Gasteiger partial charge in [0.2, 0.25) is 0 Å². The van der Waals surface area contributed by atoms with Gasteiger partial charge in [-0.3, -0.25) is 9.69 Å². The molecule has 86 valence electrons. The van der Waals surface area contributed by atoms with Gasteiger partial charge in [0.25, 0.3) is 0 Å². The van der Waals surface area contributed by atoms with Crippen LogP contribution in [-0.4, -0.2) is 43.9 Å². The number of likely N-dealkylation sites (tertiary alicyclic amines) is 1. The maximum absolute atomic E-state index is 11.5. The standard InChI is InChI=1S/C11H19NO3/c1-12-8-9(10(13)14-2)7-11(12)5-3-4-6-15-11/h9H,3-8H2,1-2H3/t9-,11-/m1/s1. The van der Waals surface area contributed by atoms with E-state index in [9.17, 15) is 4.79 Å². The van der Waals surface area contributed by atoms with Crippen molar-refractivity contribution in [1.29, 1.82) is 0 Å². The Morgan fingerprint density at radius 3 is 2.93 bits per heavy atom. The molecule has 1 spiro atoms. The molecule has 2 fully saturated rings. The molecule has 2 atom stereocenters. The lowest BCUT2D eigenvalue weighted by Gasteiger charge is -2.39. The van der Waals surface area contributed by atoms with Crippen LogP contribution in [0.5, 0.6) is 0 Å². The summed E-state index contributed by atoms with van der Waals surface area (Å²) in [6.45, 7) is 1.57. The normalized spacial score (nSPS) is 37.1. The minimum atomic E-state index is -0.183. The molecule has 0 radical (unpaired) electrons. The summed E-state index contributed by atoms with van der Waals surface area (Å²) < 4.78 is 10.7. The zero-order valence-corrected chi connectivity index (χ0v) is 9.49. The average molecular weight is 213 g/mol. The smallest absolute Gasteiger partial charge is 0.310 e. The SMILES string of the molecule is COC(=O)[C@H]1CN(C)[C@@]2(CCCCO2)C1. The van der Waals surface area contributed by atoms with Gasteiger partial charge < -0.3 is 9.47 Å². The van der Waals surface area contributed by atoms with Crippen molar-refractivity contribution in [3.63, 3.8) is 0 Å². The van der Waals surface area contributed by atoms with E-state index in [2.05, 4.69) is 4.90 Å². The van der Waals surface area contributed by atoms with E-state index in [0.717, 1.165) is 32.4 Å². The molecule has 15 heavy (non-hydrogen) atoms. The molecular weight excluding hydrogens is 194 g/mol. The second-order valence-corrected chi connectivity index (χ2v) is 4.56. The first kappa shape index (κ1) is 10.9. The van der Waals surface area contributed by atoms with Crippen LogP contribution in [0.2, 0.25) is 0 Å². The highest BCUT2D eigenvalue weighted by Gasteiger charge is 2.48. The number of nitrogens with zero attached hydrogens (tertiary/aromatic N) is 1. The van der Waals surface area contributed by atoms with E-state index in [-0.39, 0.29) is 17.6 Å². The number of methoxy groups -OCH3 is 1. The van der Waals surface area contributed by atoms with Crippen molar-refractivity contribution in [2.75, 3.05) is 27.3 Å². The van der Waals surface area contributed by atoms with Gasteiger partial charge in [0.15, 0.2) is 0 Å². The number of ether oxygens (including phenoxy) is 2. The third kappa shape index (κ3) is 1.88. The van der Waals surface area contributed by atoms with Crippen LogP contribution in [0.15, 0.2) is 0 Å². The molecule has 4 nitrogen and oxygen atoms in total. The fraction of sp³-hybridized carbons (Fsp3) is 0.909. The molecule has 0 aromatic carbocycles. The summed E-state index contributed by atoms with van der Waals surface area (Å²) in [6, 6.07) is 0. The summed E-state index contributed by atoms with van der Waals surface area (Å²) in [5.41, 5.74) is -0.183. The molecule has 0 saturated carbocycles.